The average Bonchev–Trinajstić information content (AvgIpc) is 3.19. The van der Waals surface area contributed by atoms with Crippen LogP contribution < -0.4 is 16.0 Å². The van der Waals surface area contributed by atoms with Gasteiger partial charge in [-0.3, -0.25) is 9.55 Å². The normalized spacial score (nSPS) is 14.6. The Kier molecular flexibility index (Phi) is 5.36. The van der Waals surface area contributed by atoms with Crippen molar-refractivity contribution in [1.29, 1.82) is 0 Å². The Morgan fingerprint density at radius 1 is 1.06 bits per heavy atom. The van der Waals surface area contributed by atoms with E-state index in [2.05, 4.69) is 19.8 Å². The summed E-state index contributed by atoms with van der Waals surface area (Å²) in [5.74, 6) is 1.70. The maximum Gasteiger partial charge on any atom is 0.312 e. The van der Waals surface area contributed by atoms with E-state index in [1.807, 2.05) is 54.9 Å². The first kappa shape index (κ1) is 20.3. The quantitative estimate of drug-likeness (QED) is 0.495. The second-order valence-corrected chi connectivity index (χ2v) is 8.22. The molecule has 1 fully saturated rings. The largest absolute Gasteiger partial charge is 0.356 e. The van der Waals surface area contributed by atoms with Gasteiger partial charge in [-0.1, -0.05) is 11.6 Å². The number of aromatic nitrogens is 4. The Morgan fingerprint density at radius 2 is 1.84 bits per heavy atom. The molecule has 1 aliphatic rings. The molecule has 0 radical (unpaired) electrons. The molecular formula is C23H22ClN7O. The number of nitrogens with zero attached hydrogens (tertiary/aromatic N) is 5. The van der Waals surface area contributed by atoms with E-state index in [1.165, 1.54) is 0 Å². The van der Waals surface area contributed by atoms with Crippen LogP contribution >= 0.6 is 11.6 Å². The van der Waals surface area contributed by atoms with Gasteiger partial charge < -0.3 is 16.0 Å². The monoisotopic (exact) mass is 447 g/mol. The van der Waals surface area contributed by atoms with Crippen molar-refractivity contribution in [3.05, 3.63) is 66.1 Å². The molecule has 8 nitrogen and oxygen atoms in total. The van der Waals surface area contributed by atoms with Crippen LogP contribution in [0.25, 0.3) is 28.1 Å². The fraction of sp³-hybridized carbons (Fsp3) is 0.217. The Hall–Kier alpha value is -3.65. The van der Waals surface area contributed by atoms with E-state index < -0.39 is 6.03 Å². The smallest absolute Gasteiger partial charge is 0.312 e. The summed E-state index contributed by atoms with van der Waals surface area (Å²) in [6, 6.07) is 13.3. The van der Waals surface area contributed by atoms with E-state index in [4.69, 9.17) is 27.3 Å². The first-order chi connectivity index (χ1) is 15.6. The number of urea groups is 1. The molecule has 3 aromatic heterocycles. The average molecular weight is 448 g/mol. The minimum atomic E-state index is -0.468. The third-order valence-corrected chi connectivity index (χ3v) is 5.96. The van der Waals surface area contributed by atoms with E-state index in [0.717, 1.165) is 59.9 Å². The van der Waals surface area contributed by atoms with Gasteiger partial charge in [0.2, 0.25) is 0 Å². The van der Waals surface area contributed by atoms with Crippen molar-refractivity contribution in [2.24, 2.45) is 5.73 Å². The number of pyridine rings is 2. The van der Waals surface area contributed by atoms with Gasteiger partial charge in [0, 0.05) is 47.8 Å². The number of anilines is 1. The lowest BCUT2D eigenvalue weighted by atomic mass is 10.1. The lowest BCUT2D eigenvalue weighted by molar-refractivity contribution is 0.242. The van der Waals surface area contributed by atoms with Gasteiger partial charge in [-0.2, -0.15) is 0 Å². The van der Waals surface area contributed by atoms with Crippen LogP contribution in [0, 0.1) is 0 Å². The number of hydrogen-bond acceptors (Lipinski definition) is 5. The molecule has 1 aliphatic heterocycles. The number of nitrogens with one attached hydrogen (secondary N) is 1. The van der Waals surface area contributed by atoms with E-state index in [-0.39, 0.29) is 6.04 Å². The van der Waals surface area contributed by atoms with Crippen molar-refractivity contribution in [2.75, 3.05) is 18.0 Å². The summed E-state index contributed by atoms with van der Waals surface area (Å²) in [5, 5.41) is 3.47. The molecule has 32 heavy (non-hydrogen) atoms. The molecule has 0 aliphatic carbocycles. The Balaban J connectivity index is 1.44. The highest BCUT2D eigenvalue weighted by Crippen LogP contribution is 2.29. The maximum atomic E-state index is 11.1. The molecule has 0 bridgehead atoms. The molecule has 3 N–H and O–H groups in total. The number of piperidine rings is 1. The first-order valence-corrected chi connectivity index (χ1v) is 10.8. The van der Waals surface area contributed by atoms with Gasteiger partial charge in [0.05, 0.1) is 17.2 Å². The van der Waals surface area contributed by atoms with Crippen LogP contribution in [0.3, 0.4) is 0 Å². The Morgan fingerprint density at radius 3 is 2.53 bits per heavy atom. The second-order valence-electron chi connectivity index (χ2n) is 7.79. The molecule has 4 aromatic rings. The zero-order chi connectivity index (χ0) is 22.1. The summed E-state index contributed by atoms with van der Waals surface area (Å²) >= 11 is 6.09. The fourth-order valence-corrected chi connectivity index (χ4v) is 4.25. The number of fused-ring (bicyclic) bond motifs is 1. The Labute approximate surface area is 190 Å². The molecule has 9 heteroatoms. The van der Waals surface area contributed by atoms with Crippen molar-refractivity contribution in [3.63, 3.8) is 0 Å². The first-order valence-electron chi connectivity index (χ1n) is 10.4. The number of nitrogens with two attached hydrogens (primary N) is 1. The molecule has 0 spiro atoms. The van der Waals surface area contributed by atoms with Gasteiger partial charge in [-0.15, -0.1) is 0 Å². The number of rotatable bonds is 4. The molecule has 0 saturated carbocycles. The molecular weight excluding hydrogens is 426 g/mol. The number of benzene rings is 1. The summed E-state index contributed by atoms with van der Waals surface area (Å²) in [6.07, 6.45) is 7.08. The summed E-state index contributed by atoms with van der Waals surface area (Å²) in [5.41, 5.74) is 8.87. The van der Waals surface area contributed by atoms with Crippen LogP contribution in [0.5, 0.6) is 0 Å². The fourth-order valence-electron chi connectivity index (χ4n) is 4.13. The lowest BCUT2D eigenvalue weighted by Crippen LogP contribution is -2.46. The molecule has 2 amide bonds. The van der Waals surface area contributed by atoms with Crippen molar-refractivity contribution >= 4 is 34.5 Å². The highest BCUT2D eigenvalue weighted by atomic mass is 35.5. The van der Waals surface area contributed by atoms with E-state index in [9.17, 15) is 4.79 Å². The van der Waals surface area contributed by atoms with Crippen molar-refractivity contribution in [1.82, 2.24) is 24.8 Å². The third kappa shape index (κ3) is 3.97. The van der Waals surface area contributed by atoms with E-state index >= 15 is 0 Å². The zero-order valence-corrected chi connectivity index (χ0v) is 18.0. The van der Waals surface area contributed by atoms with Gasteiger partial charge in [0.25, 0.3) is 0 Å². The number of carbonyl (C=O) groups excluding carboxylic acids is 1. The van der Waals surface area contributed by atoms with Crippen LogP contribution in [-0.4, -0.2) is 44.7 Å². The van der Waals surface area contributed by atoms with Crippen molar-refractivity contribution in [3.8, 4) is 17.1 Å². The molecule has 162 valence electrons. The van der Waals surface area contributed by atoms with E-state index in [0.29, 0.717) is 5.02 Å². The molecule has 0 atom stereocenters. The van der Waals surface area contributed by atoms with Crippen LogP contribution in [-0.2, 0) is 0 Å². The molecule has 4 heterocycles. The van der Waals surface area contributed by atoms with Gasteiger partial charge in [-0.25, -0.2) is 14.8 Å². The number of halogens is 1. The van der Waals surface area contributed by atoms with Crippen LogP contribution in [0.4, 0.5) is 10.6 Å². The summed E-state index contributed by atoms with van der Waals surface area (Å²) in [7, 11) is 0. The van der Waals surface area contributed by atoms with E-state index in [1.54, 1.807) is 6.20 Å². The molecule has 5 rings (SSSR count). The van der Waals surface area contributed by atoms with Gasteiger partial charge in [0.1, 0.15) is 11.6 Å². The van der Waals surface area contributed by atoms with Crippen LogP contribution in [0.15, 0.2) is 61.1 Å². The summed E-state index contributed by atoms with van der Waals surface area (Å²) < 4.78 is 2.07. The van der Waals surface area contributed by atoms with Crippen LogP contribution in [0.1, 0.15) is 12.8 Å². The van der Waals surface area contributed by atoms with Crippen LogP contribution in [0.2, 0.25) is 5.02 Å². The van der Waals surface area contributed by atoms with Gasteiger partial charge >= 0.3 is 6.03 Å². The minimum absolute atomic E-state index is 0.121. The number of primary amides is 1. The molecule has 1 aromatic carbocycles. The molecule has 0 unspecified atom stereocenters. The summed E-state index contributed by atoms with van der Waals surface area (Å²) in [6.45, 7) is 1.62. The van der Waals surface area contributed by atoms with Gasteiger partial charge in [0.15, 0.2) is 0 Å². The predicted molar refractivity (Wildman–Crippen MR) is 125 cm³/mol. The summed E-state index contributed by atoms with van der Waals surface area (Å²) in [4.78, 5) is 27.1. The number of amides is 2. The minimum Gasteiger partial charge on any atom is -0.356 e. The zero-order valence-electron chi connectivity index (χ0n) is 17.3. The number of hydrogen-bond donors (Lipinski definition) is 2. The second kappa shape index (κ2) is 8.47. The Bertz CT molecular complexity index is 1250. The highest BCUT2D eigenvalue weighted by molar-refractivity contribution is 6.30. The number of imidazole rings is 1. The van der Waals surface area contributed by atoms with Gasteiger partial charge in [-0.05, 0) is 55.3 Å². The topological polar surface area (TPSA) is 102 Å². The molecule has 1 saturated heterocycles. The standard InChI is InChI=1S/C23H22ClN7O/c24-16-2-4-18(5-3-16)31-20-14-26-10-7-19(20)29-22(31)15-1-6-21(27-13-15)30-11-8-17(9-12-30)28-23(25)32/h1-7,10,13-14,17H,8-9,11-12H2,(H3,25,28,32). The third-order valence-electron chi connectivity index (χ3n) is 5.71. The lowest BCUT2D eigenvalue weighted by Gasteiger charge is -2.32. The highest BCUT2D eigenvalue weighted by Gasteiger charge is 2.21. The SMILES string of the molecule is NC(=O)NC1CCN(c2ccc(-c3nc4ccncc4n3-c3ccc(Cl)cc3)cn2)CC1. The maximum absolute atomic E-state index is 11.1. The number of carbonyl (C=O) groups is 1. The van der Waals surface area contributed by atoms with Crippen molar-refractivity contribution in [2.45, 2.75) is 18.9 Å². The predicted octanol–water partition coefficient (Wildman–Crippen LogP) is 3.77. The van der Waals surface area contributed by atoms with Crippen molar-refractivity contribution < 1.29 is 4.79 Å².